The standard InChI is InChI=1S/C16H19BrN2O4/c1-2-21-14-7-11(8-19-9-12-4-3-5-22-12)6-13(17)16(14)23-10-15(18)20/h3-7,19H,2,8-10H2,1H3,(H2,18,20)/p+1. The van der Waals surface area contributed by atoms with E-state index in [9.17, 15) is 4.79 Å². The van der Waals surface area contributed by atoms with E-state index in [1.807, 2.05) is 31.2 Å². The molecular weight excluding hydrogens is 364 g/mol. The molecule has 0 radical (unpaired) electrons. The first-order valence-corrected chi connectivity index (χ1v) is 8.09. The SMILES string of the molecule is CCOc1cc(C[NH2+]Cc2ccco2)cc(Br)c1OCC(N)=O. The van der Waals surface area contributed by atoms with Crippen LogP contribution in [0.25, 0.3) is 0 Å². The van der Waals surface area contributed by atoms with Gasteiger partial charge >= 0.3 is 0 Å². The van der Waals surface area contributed by atoms with Crippen LogP contribution in [0.15, 0.2) is 39.4 Å². The monoisotopic (exact) mass is 383 g/mol. The van der Waals surface area contributed by atoms with Gasteiger partial charge in [0.15, 0.2) is 23.9 Å². The van der Waals surface area contributed by atoms with Gasteiger partial charge in [-0.3, -0.25) is 4.79 Å². The molecule has 23 heavy (non-hydrogen) atoms. The Balaban J connectivity index is 2.06. The second-order valence-electron chi connectivity index (χ2n) is 4.87. The lowest BCUT2D eigenvalue weighted by Crippen LogP contribution is -2.80. The Morgan fingerprint density at radius 3 is 2.83 bits per heavy atom. The molecule has 0 bridgehead atoms. The highest BCUT2D eigenvalue weighted by Crippen LogP contribution is 2.36. The molecule has 0 fully saturated rings. The number of benzene rings is 1. The Labute approximate surface area is 143 Å². The van der Waals surface area contributed by atoms with Gasteiger partial charge in [-0.05, 0) is 47.1 Å². The highest BCUT2D eigenvalue weighted by atomic mass is 79.9. The number of hydrogen-bond donors (Lipinski definition) is 2. The van der Waals surface area contributed by atoms with Crippen LogP contribution in [0.1, 0.15) is 18.2 Å². The molecule has 6 nitrogen and oxygen atoms in total. The maximum atomic E-state index is 10.9. The smallest absolute Gasteiger partial charge is 0.255 e. The maximum Gasteiger partial charge on any atom is 0.255 e. The fourth-order valence-electron chi connectivity index (χ4n) is 2.10. The minimum Gasteiger partial charge on any atom is -0.490 e. The van der Waals surface area contributed by atoms with Gasteiger partial charge in [-0.15, -0.1) is 0 Å². The lowest BCUT2D eigenvalue weighted by Gasteiger charge is -2.14. The van der Waals surface area contributed by atoms with Gasteiger partial charge in [-0.2, -0.15) is 0 Å². The summed E-state index contributed by atoms with van der Waals surface area (Å²) in [5.41, 5.74) is 6.19. The molecular formula is C16H20BrN2O4+. The molecule has 4 N–H and O–H groups in total. The molecule has 1 aromatic heterocycles. The summed E-state index contributed by atoms with van der Waals surface area (Å²) in [4.78, 5) is 10.9. The van der Waals surface area contributed by atoms with Crippen LogP contribution in [0.2, 0.25) is 0 Å². The molecule has 2 aromatic rings. The number of furan rings is 1. The van der Waals surface area contributed by atoms with Gasteiger partial charge in [0.25, 0.3) is 5.91 Å². The summed E-state index contributed by atoms with van der Waals surface area (Å²) < 4.78 is 17.1. The van der Waals surface area contributed by atoms with Crippen molar-refractivity contribution in [3.63, 3.8) is 0 Å². The fourth-order valence-corrected chi connectivity index (χ4v) is 2.70. The Kier molecular flexibility index (Phi) is 6.49. The van der Waals surface area contributed by atoms with E-state index in [1.54, 1.807) is 6.26 Å². The lowest BCUT2D eigenvalue weighted by molar-refractivity contribution is -0.688. The van der Waals surface area contributed by atoms with Crippen LogP contribution in [0.3, 0.4) is 0 Å². The molecule has 1 heterocycles. The summed E-state index contributed by atoms with van der Waals surface area (Å²) in [5, 5.41) is 2.13. The molecule has 1 amide bonds. The zero-order chi connectivity index (χ0) is 16.7. The van der Waals surface area contributed by atoms with Crippen molar-refractivity contribution in [2.24, 2.45) is 5.73 Å². The Hall–Kier alpha value is -1.99. The first kappa shape index (κ1) is 17.4. The molecule has 0 aliphatic rings. The number of amides is 1. The maximum absolute atomic E-state index is 10.9. The summed E-state index contributed by atoms with van der Waals surface area (Å²) in [6.45, 7) is 3.72. The van der Waals surface area contributed by atoms with Gasteiger partial charge in [0.05, 0.1) is 17.3 Å². The van der Waals surface area contributed by atoms with Crippen LogP contribution in [-0.4, -0.2) is 19.1 Å². The predicted molar refractivity (Wildman–Crippen MR) is 88.0 cm³/mol. The van der Waals surface area contributed by atoms with Crippen molar-refractivity contribution in [1.29, 1.82) is 0 Å². The van der Waals surface area contributed by atoms with Crippen LogP contribution in [0.5, 0.6) is 11.5 Å². The molecule has 2 rings (SSSR count). The van der Waals surface area contributed by atoms with Gasteiger partial charge in [0, 0.05) is 5.56 Å². The predicted octanol–water partition coefficient (Wildman–Crippen LogP) is 1.57. The van der Waals surface area contributed by atoms with Gasteiger partial charge in [-0.1, -0.05) is 0 Å². The van der Waals surface area contributed by atoms with E-state index in [2.05, 4.69) is 21.2 Å². The third kappa shape index (κ3) is 5.30. The second-order valence-corrected chi connectivity index (χ2v) is 5.72. The Morgan fingerprint density at radius 1 is 1.35 bits per heavy atom. The number of carbonyl (C=O) groups excluding carboxylic acids is 1. The zero-order valence-corrected chi connectivity index (χ0v) is 14.5. The molecule has 0 saturated carbocycles. The third-order valence-corrected chi connectivity index (χ3v) is 3.62. The number of nitrogens with two attached hydrogens (primary N) is 2. The molecule has 124 valence electrons. The quantitative estimate of drug-likeness (QED) is 0.687. The first-order valence-electron chi connectivity index (χ1n) is 7.30. The number of rotatable bonds is 9. The van der Waals surface area contributed by atoms with E-state index in [1.165, 1.54) is 0 Å². The van der Waals surface area contributed by atoms with Crippen LogP contribution in [0.4, 0.5) is 0 Å². The second kappa shape index (κ2) is 8.59. The summed E-state index contributed by atoms with van der Waals surface area (Å²) in [7, 11) is 0. The van der Waals surface area contributed by atoms with Crippen molar-refractivity contribution in [2.75, 3.05) is 13.2 Å². The van der Waals surface area contributed by atoms with Crippen molar-refractivity contribution >= 4 is 21.8 Å². The van der Waals surface area contributed by atoms with Gasteiger partial charge < -0.3 is 24.9 Å². The van der Waals surface area contributed by atoms with Crippen molar-refractivity contribution in [3.8, 4) is 11.5 Å². The number of hydrogen-bond acceptors (Lipinski definition) is 4. The topological polar surface area (TPSA) is 91.3 Å². The average Bonchev–Trinajstić information content (AvgIpc) is 3.00. The van der Waals surface area contributed by atoms with Crippen molar-refractivity contribution in [1.82, 2.24) is 0 Å². The third-order valence-electron chi connectivity index (χ3n) is 3.03. The highest BCUT2D eigenvalue weighted by Gasteiger charge is 2.14. The molecule has 0 aliphatic carbocycles. The van der Waals surface area contributed by atoms with Crippen molar-refractivity contribution in [3.05, 3.63) is 46.3 Å². The zero-order valence-electron chi connectivity index (χ0n) is 12.9. The number of ether oxygens (including phenoxy) is 2. The minimum atomic E-state index is -0.532. The van der Waals surface area contributed by atoms with Crippen molar-refractivity contribution < 1.29 is 24.0 Å². The van der Waals surface area contributed by atoms with E-state index in [-0.39, 0.29) is 6.61 Å². The molecule has 0 spiro atoms. The van der Waals surface area contributed by atoms with Gasteiger partial charge in [-0.25, -0.2) is 0 Å². The molecule has 7 heteroatoms. The minimum absolute atomic E-state index is 0.192. The van der Waals surface area contributed by atoms with Gasteiger partial charge in [0.2, 0.25) is 0 Å². The Bertz CT molecular complexity index is 644. The molecule has 1 aromatic carbocycles. The number of carbonyl (C=O) groups is 1. The summed E-state index contributed by atoms with van der Waals surface area (Å²) in [5.74, 6) is 1.47. The molecule has 0 saturated heterocycles. The molecule has 0 unspecified atom stereocenters. The van der Waals surface area contributed by atoms with E-state index in [0.29, 0.717) is 18.1 Å². The van der Waals surface area contributed by atoms with Crippen LogP contribution in [0, 0.1) is 0 Å². The van der Waals surface area contributed by atoms with Crippen LogP contribution in [-0.2, 0) is 17.9 Å². The number of quaternary nitrogens is 1. The van der Waals surface area contributed by atoms with Crippen LogP contribution < -0.4 is 20.5 Å². The van der Waals surface area contributed by atoms with E-state index >= 15 is 0 Å². The Morgan fingerprint density at radius 2 is 2.17 bits per heavy atom. The average molecular weight is 384 g/mol. The fraction of sp³-hybridized carbons (Fsp3) is 0.312. The van der Waals surface area contributed by atoms with Gasteiger partial charge in [0.1, 0.15) is 13.1 Å². The molecule has 0 atom stereocenters. The number of primary amides is 1. The first-order chi connectivity index (χ1) is 11.1. The van der Waals surface area contributed by atoms with E-state index < -0.39 is 5.91 Å². The van der Waals surface area contributed by atoms with E-state index in [4.69, 9.17) is 19.6 Å². The normalized spacial score (nSPS) is 10.5. The number of halogens is 1. The highest BCUT2D eigenvalue weighted by molar-refractivity contribution is 9.10. The van der Waals surface area contributed by atoms with E-state index in [0.717, 1.165) is 28.9 Å². The lowest BCUT2D eigenvalue weighted by atomic mass is 10.2. The largest absolute Gasteiger partial charge is 0.490 e. The molecule has 0 aliphatic heterocycles. The summed E-state index contributed by atoms with van der Waals surface area (Å²) >= 11 is 3.46. The summed E-state index contributed by atoms with van der Waals surface area (Å²) in [6, 6.07) is 7.66. The summed E-state index contributed by atoms with van der Waals surface area (Å²) in [6.07, 6.45) is 1.66. The van der Waals surface area contributed by atoms with Crippen LogP contribution >= 0.6 is 15.9 Å². The van der Waals surface area contributed by atoms with Crippen molar-refractivity contribution in [2.45, 2.75) is 20.0 Å².